The van der Waals surface area contributed by atoms with Gasteiger partial charge in [-0.25, -0.2) is 14.4 Å². The highest BCUT2D eigenvalue weighted by Gasteiger charge is 2.23. The van der Waals surface area contributed by atoms with Crippen LogP contribution in [0.3, 0.4) is 0 Å². The van der Waals surface area contributed by atoms with Gasteiger partial charge < -0.3 is 20.1 Å². The van der Waals surface area contributed by atoms with Crippen molar-refractivity contribution in [2.75, 3.05) is 17.4 Å². The maximum atomic E-state index is 13.3. The van der Waals surface area contributed by atoms with E-state index in [1.807, 2.05) is 6.07 Å². The fourth-order valence-electron chi connectivity index (χ4n) is 2.72. The van der Waals surface area contributed by atoms with Crippen molar-refractivity contribution in [3.63, 3.8) is 0 Å². The molecule has 0 saturated carbocycles. The van der Waals surface area contributed by atoms with E-state index >= 15 is 0 Å². The Kier molecular flexibility index (Phi) is 5.00. The fraction of sp³-hybridized carbons (Fsp3) is 0.111. The molecule has 11 heteroatoms. The number of nitro groups is 1. The SMILES string of the molecule is O=[N+]([O-])c1c(NCc2ccc3c(c2)OCO3)ncnc1Nc1ccc(F)c(Cl)c1. The molecule has 0 unspecified atom stereocenters. The molecule has 0 atom stereocenters. The normalized spacial score (nSPS) is 11.9. The number of aromatic nitrogens is 2. The van der Waals surface area contributed by atoms with Crippen LogP contribution in [0.25, 0.3) is 0 Å². The van der Waals surface area contributed by atoms with Crippen molar-refractivity contribution in [1.82, 2.24) is 9.97 Å². The fourth-order valence-corrected chi connectivity index (χ4v) is 2.90. The first-order chi connectivity index (χ1) is 14.0. The third-order valence-electron chi connectivity index (χ3n) is 4.08. The second-order valence-corrected chi connectivity index (χ2v) is 6.38. The minimum Gasteiger partial charge on any atom is -0.454 e. The zero-order chi connectivity index (χ0) is 20.4. The van der Waals surface area contributed by atoms with Crippen molar-refractivity contribution in [2.45, 2.75) is 6.54 Å². The lowest BCUT2D eigenvalue weighted by Gasteiger charge is -2.11. The Bertz CT molecular complexity index is 1100. The van der Waals surface area contributed by atoms with Gasteiger partial charge in [0.25, 0.3) is 0 Å². The largest absolute Gasteiger partial charge is 0.454 e. The zero-order valence-corrected chi connectivity index (χ0v) is 15.4. The van der Waals surface area contributed by atoms with Gasteiger partial charge in [-0.05, 0) is 35.9 Å². The van der Waals surface area contributed by atoms with Crippen molar-refractivity contribution >= 4 is 34.6 Å². The Morgan fingerprint density at radius 1 is 1.14 bits per heavy atom. The number of rotatable bonds is 6. The molecule has 0 bridgehead atoms. The standard InChI is InChI=1S/C18H13ClFN5O4/c19-12-6-11(2-3-13(12)20)24-18-16(25(26)27)17(22-8-23-18)21-7-10-1-4-14-15(5-10)29-9-28-14/h1-6,8H,7,9H2,(H2,21,22,23,24). The molecule has 29 heavy (non-hydrogen) atoms. The quantitative estimate of drug-likeness (QED) is 0.452. The maximum Gasteiger partial charge on any atom is 0.353 e. The summed E-state index contributed by atoms with van der Waals surface area (Å²) in [6.07, 6.45) is 1.18. The molecule has 2 aromatic carbocycles. The number of ether oxygens (including phenoxy) is 2. The van der Waals surface area contributed by atoms with Crippen molar-refractivity contribution in [1.29, 1.82) is 0 Å². The molecule has 0 saturated heterocycles. The van der Waals surface area contributed by atoms with Crippen LogP contribution in [0.15, 0.2) is 42.7 Å². The van der Waals surface area contributed by atoms with Gasteiger partial charge in [0.15, 0.2) is 11.5 Å². The highest BCUT2D eigenvalue weighted by atomic mass is 35.5. The van der Waals surface area contributed by atoms with Gasteiger partial charge in [0.2, 0.25) is 18.4 Å². The third kappa shape index (κ3) is 3.97. The summed E-state index contributed by atoms with van der Waals surface area (Å²) in [5.41, 5.74) is 0.815. The van der Waals surface area contributed by atoms with Gasteiger partial charge in [-0.15, -0.1) is 0 Å². The van der Waals surface area contributed by atoms with E-state index in [0.717, 1.165) is 11.6 Å². The molecule has 9 nitrogen and oxygen atoms in total. The Balaban J connectivity index is 1.57. The molecule has 1 aromatic heterocycles. The van der Waals surface area contributed by atoms with Gasteiger partial charge in [0.1, 0.15) is 12.1 Å². The summed E-state index contributed by atoms with van der Waals surface area (Å²) in [6, 6.07) is 9.21. The molecule has 0 radical (unpaired) electrons. The number of benzene rings is 2. The van der Waals surface area contributed by atoms with Crippen LogP contribution in [-0.2, 0) is 6.54 Å². The van der Waals surface area contributed by atoms with Crippen molar-refractivity contribution in [3.8, 4) is 11.5 Å². The van der Waals surface area contributed by atoms with Crippen LogP contribution in [-0.4, -0.2) is 21.7 Å². The Morgan fingerprint density at radius 2 is 1.93 bits per heavy atom. The average Bonchev–Trinajstić information content (AvgIpc) is 3.17. The lowest BCUT2D eigenvalue weighted by Crippen LogP contribution is -2.08. The maximum absolute atomic E-state index is 13.3. The van der Waals surface area contributed by atoms with Crippen LogP contribution in [0.1, 0.15) is 5.56 Å². The molecule has 3 aromatic rings. The van der Waals surface area contributed by atoms with Gasteiger partial charge in [0.05, 0.1) is 9.95 Å². The number of hydrogen-bond acceptors (Lipinski definition) is 8. The van der Waals surface area contributed by atoms with E-state index in [9.17, 15) is 14.5 Å². The first-order valence-corrected chi connectivity index (χ1v) is 8.73. The van der Waals surface area contributed by atoms with Crippen LogP contribution in [0.4, 0.5) is 27.4 Å². The number of nitrogens with one attached hydrogen (secondary N) is 2. The lowest BCUT2D eigenvalue weighted by atomic mass is 10.2. The second kappa shape index (κ2) is 7.76. The van der Waals surface area contributed by atoms with Gasteiger partial charge >= 0.3 is 5.69 Å². The first-order valence-electron chi connectivity index (χ1n) is 8.35. The predicted octanol–water partition coefficient (Wildman–Crippen LogP) is 4.26. The molecule has 4 rings (SSSR count). The summed E-state index contributed by atoms with van der Waals surface area (Å²) in [5, 5.41) is 17.2. The van der Waals surface area contributed by atoms with Crippen LogP contribution in [0, 0.1) is 15.9 Å². The summed E-state index contributed by atoms with van der Waals surface area (Å²) in [4.78, 5) is 18.9. The number of fused-ring (bicyclic) bond motifs is 1. The van der Waals surface area contributed by atoms with E-state index in [1.54, 1.807) is 12.1 Å². The van der Waals surface area contributed by atoms with E-state index in [2.05, 4.69) is 20.6 Å². The summed E-state index contributed by atoms with van der Waals surface area (Å²) < 4.78 is 23.9. The number of nitrogens with zero attached hydrogens (tertiary/aromatic N) is 3. The summed E-state index contributed by atoms with van der Waals surface area (Å²) in [7, 11) is 0. The van der Waals surface area contributed by atoms with E-state index < -0.39 is 10.7 Å². The molecule has 0 aliphatic carbocycles. The minimum absolute atomic E-state index is 0.0263. The number of anilines is 3. The van der Waals surface area contributed by atoms with Crippen molar-refractivity contribution in [2.24, 2.45) is 0 Å². The monoisotopic (exact) mass is 417 g/mol. The first kappa shape index (κ1) is 18.7. The van der Waals surface area contributed by atoms with E-state index in [4.69, 9.17) is 21.1 Å². The Hall–Kier alpha value is -3.66. The average molecular weight is 418 g/mol. The highest BCUT2D eigenvalue weighted by Crippen LogP contribution is 2.34. The van der Waals surface area contributed by atoms with Crippen LogP contribution in [0.5, 0.6) is 11.5 Å². The van der Waals surface area contributed by atoms with Crippen LogP contribution >= 0.6 is 11.6 Å². The zero-order valence-electron chi connectivity index (χ0n) is 14.7. The molecular weight excluding hydrogens is 405 g/mol. The van der Waals surface area contributed by atoms with Crippen LogP contribution in [0.2, 0.25) is 5.02 Å². The predicted molar refractivity (Wildman–Crippen MR) is 103 cm³/mol. The molecule has 148 valence electrons. The molecule has 0 spiro atoms. The molecule has 1 aliphatic heterocycles. The van der Waals surface area contributed by atoms with Gasteiger partial charge in [-0.3, -0.25) is 10.1 Å². The molecular formula is C18H13ClFN5O4. The highest BCUT2D eigenvalue weighted by molar-refractivity contribution is 6.31. The summed E-state index contributed by atoms with van der Waals surface area (Å²) in [6.45, 7) is 0.419. The molecule has 0 amide bonds. The minimum atomic E-state index is -0.602. The third-order valence-corrected chi connectivity index (χ3v) is 4.37. The molecule has 2 N–H and O–H groups in total. The van der Waals surface area contributed by atoms with E-state index in [1.165, 1.54) is 18.5 Å². The van der Waals surface area contributed by atoms with Crippen LogP contribution < -0.4 is 20.1 Å². The van der Waals surface area contributed by atoms with Crippen molar-refractivity contribution < 1.29 is 18.8 Å². The summed E-state index contributed by atoms with van der Waals surface area (Å²) in [5.74, 6) is 0.628. The lowest BCUT2D eigenvalue weighted by molar-refractivity contribution is -0.383. The summed E-state index contributed by atoms with van der Waals surface area (Å²) >= 11 is 5.76. The van der Waals surface area contributed by atoms with Crippen molar-refractivity contribution in [3.05, 3.63) is 69.2 Å². The Labute approximate surface area is 168 Å². The van der Waals surface area contributed by atoms with Gasteiger partial charge in [-0.2, -0.15) is 0 Å². The number of hydrogen-bond donors (Lipinski definition) is 2. The van der Waals surface area contributed by atoms with E-state index in [-0.39, 0.29) is 35.7 Å². The molecule has 1 aliphatic rings. The van der Waals surface area contributed by atoms with Gasteiger partial charge in [-0.1, -0.05) is 17.7 Å². The Morgan fingerprint density at radius 3 is 2.72 bits per heavy atom. The molecule has 2 heterocycles. The number of halogens is 2. The molecule has 0 fully saturated rings. The smallest absolute Gasteiger partial charge is 0.353 e. The van der Waals surface area contributed by atoms with E-state index in [0.29, 0.717) is 17.2 Å². The van der Waals surface area contributed by atoms with Gasteiger partial charge in [0, 0.05) is 12.2 Å². The second-order valence-electron chi connectivity index (χ2n) is 5.97. The topological polar surface area (TPSA) is 111 Å².